The summed E-state index contributed by atoms with van der Waals surface area (Å²) < 4.78 is 5.49. The Morgan fingerprint density at radius 2 is 2.20 bits per heavy atom. The van der Waals surface area contributed by atoms with E-state index in [0.717, 1.165) is 41.8 Å². The number of hydrogen-bond acceptors (Lipinski definition) is 5. The Labute approximate surface area is 154 Å². The predicted octanol–water partition coefficient (Wildman–Crippen LogP) is 3.22. The van der Waals surface area contributed by atoms with Crippen molar-refractivity contribution in [3.05, 3.63) is 22.9 Å². The van der Waals surface area contributed by atoms with Gasteiger partial charge in [0, 0.05) is 24.2 Å². The zero-order chi connectivity index (χ0) is 17.8. The highest BCUT2D eigenvalue weighted by molar-refractivity contribution is 7.98. The van der Waals surface area contributed by atoms with Crippen molar-refractivity contribution in [2.24, 2.45) is 0 Å². The molecule has 1 N–H and O–H groups in total. The van der Waals surface area contributed by atoms with Crippen LogP contribution in [0.3, 0.4) is 0 Å². The average molecular weight is 364 g/mol. The molecule has 5 nitrogen and oxygen atoms in total. The van der Waals surface area contributed by atoms with Gasteiger partial charge in [-0.15, -0.1) is 0 Å². The van der Waals surface area contributed by atoms with Gasteiger partial charge >= 0.3 is 0 Å². The molecule has 3 rings (SSSR count). The highest BCUT2D eigenvalue weighted by Gasteiger charge is 2.35. The molecular weight excluding hydrogens is 334 g/mol. The van der Waals surface area contributed by atoms with Gasteiger partial charge in [-0.1, -0.05) is 12.8 Å². The highest BCUT2D eigenvalue weighted by Crippen LogP contribution is 2.33. The van der Waals surface area contributed by atoms with Crippen LogP contribution in [0.2, 0.25) is 0 Å². The van der Waals surface area contributed by atoms with E-state index in [4.69, 9.17) is 4.74 Å². The Kier molecular flexibility index (Phi) is 6.23. The lowest BCUT2D eigenvalue weighted by atomic mass is 10.1. The van der Waals surface area contributed by atoms with Crippen molar-refractivity contribution in [1.82, 2.24) is 15.2 Å². The van der Waals surface area contributed by atoms with Gasteiger partial charge in [0.2, 0.25) is 5.88 Å². The summed E-state index contributed by atoms with van der Waals surface area (Å²) in [7, 11) is 1.65. The van der Waals surface area contributed by atoms with Crippen molar-refractivity contribution >= 4 is 17.7 Å². The molecule has 1 aliphatic carbocycles. The zero-order valence-electron chi connectivity index (χ0n) is 15.5. The Morgan fingerprint density at radius 3 is 2.88 bits per heavy atom. The number of amides is 1. The van der Waals surface area contributed by atoms with E-state index in [-0.39, 0.29) is 5.91 Å². The van der Waals surface area contributed by atoms with E-state index in [1.807, 2.05) is 22.7 Å². The molecule has 1 atom stereocenters. The quantitative estimate of drug-likeness (QED) is 0.768. The van der Waals surface area contributed by atoms with Crippen LogP contribution in [0.1, 0.15) is 60.6 Å². The maximum atomic E-state index is 12.8. The molecule has 2 heterocycles. The molecule has 1 fully saturated rings. The molecule has 6 heteroatoms. The number of fused-ring (bicyclic) bond motifs is 1. The molecule has 0 bridgehead atoms. The Morgan fingerprint density at radius 1 is 1.44 bits per heavy atom. The van der Waals surface area contributed by atoms with Crippen LogP contribution in [0.15, 0.2) is 6.07 Å². The van der Waals surface area contributed by atoms with Crippen molar-refractivity contribution < 1.29 is 9.53 Å². The van der Waals surface area contributed by atoms with Gasteiger partial charge in [0.1, 0.15) is 0 Å². The van der Waals surface area contributed by atoms with Gasteiger partial charge < -0.3 is 15.0 Å². The van der Waals surface area contributed by atoms with Crippen LogP contribution in [-0.4, -0.2) is 47.0 Å². The number of pyridine rings is 1. The minimum absolute atomic E-state index is 0.147. The number of aromatic nitrogens is 1. The summed E-state index contributed by atoms with van der Waals surface area (Å²) in [6.45, 7) is 3.50. The molecular formula is C19H29N3O2S. The van der Waals surface area contributed by atoms with Crippen LogP contribution in [0, 0.1) is 0 Å². The number of carbonyl (C=O) groups is 1. The number of nitrogens with zero attached hydrogens (tertiary/aromatic N) is 2. The van der Waals surface area contributed by atoms with Gasteiger partial charge in [-0.2, -0.15) is 11.8 Å². The lowest BCUT2D eigenvalue weighted by molar-refractivity contribution is 0.0706. The highest BCUT2D eigenvalue weighted by atomic mass is 32.2. The summed E-state index contributed by atoms with van der Waals surface area (Å²) in [4.78, 5) is 19.5. The van der Waals surface area contributed by atoms with Crippen LogP contribution in [0.25, 0.3) is 0 Å². The first kappa shape index (κ1) is 18.5. The summed E-state index contributed by atoms with van der Waals surface area (Å²) in [6.07, 6.45) is 7.95. The molecule has 1 saturated carbocycles. The minimum Gasteiger partial charge on any atom is -0.481 e. The van der Waals surface area contributed by atoms with E-state index in [2.05, 4.69) is 23.5 Å². The maximum Gasteiger partial charge on any atom is 0.256 e. The van der Waals surface area contributed by atoms with Crippen molar-refractivity contribution in [3.8, 4) is 5.88 Å². The molecule has 138 valence electrons. The molecule has 2 aliphatic rings. The Hall–Kier alpha value is -1.27. The van der Waals surface area contributed by atoms with Crippen LogP contribution in [0.5, 0.6) is 5.88 Å². The first-order valence-electron chi connectivity index (χ1n) is 9.24. The number of thioether (sulfide) groups is 1. The zero-order valence-corrected chi connectivity index (χ0v) is 16.3. The first-order chi connectivity index (χ1) is 12.1. The number of rotatable bonds is 8. The van der Waals surface area contributed by atoms with Crippen molar-refractivity contribution in [3.63, 3.8) is 0 Å². The normalized spacial score (nSPS) is 18.7. The van der Waals surface area contributed by atoms with Crippen LogP contribution in [0.4, 0.5) is 0 Å². The SMILES string of the molecule is COc1nc2c(cc1CN[C@@H](C)CCSC)C(=O)N(C1CCCC1)C2. The fourth-order valence-electron chi connectivity index (χ4n) is 3.76. The van der Waals surface area contributed by atoms with E-state index in [1.165, 1.54) is 12.8 Å². The van der Waals surface area contributed by atoms with Crippen molar-refractivity contribution in [1.29, 1.82) is 0 Å². The monoisotopic (exact) mass is 363 g/mol. The van der Waals surface area contributed by atoms with Crippen LogP contribution < -0.4 is 10.1 Å². The molecule has 0 spiro atoms. The summed E-state index contributed by atoms with van der Waals surface area (Å²) in [5.74, 6) is 1.93. The number of methoxy groups -OCH3 is 1. The van der Waals surface area contributed by atoms with Gasteiger partial charge in [-0.25, -0.2) is 4.98 Å². The molecule has 0 radical (unpaired) electrons. The largest absolute Gasteiger partial charge is 0.481 e. The van der Waals surface area contributed by atoms with E-state index >= 15 is 0 Å². The number of ether oxygens (including phenoxy) is 1. The molecule has 1 amide bonds. The van der Waals surface area contributed by atoms with E-state index < -0.39 is 0 Å². The molecule has 25 heavy (non-hydrogen) atoms. The van der Waals surface area contributed by atoms with Gasteiger partial charge in [0.05, 0.1) is 24.9 Å². The van der Waals surface area contributed by atoms with Crippen molar-refractivity contribution in [2.75, 3.05) is 19.1 Å². The number of carbonyl (C=O) groups excluding carboxylic acids is 1. The van der Waals surface area contributed by atoms with E-state index in [9.17, 15) is 4.79 Å². The van der Waals surface area contributed by atoms with Gasteiger partial charge in [0.15, 0.2) is 0 Å². The molecule has 1 aliphatic heterocycles. The van der Waals surface area contributed by atoms with Gasteiger partial charge in [0.25, 0.3) is 5.91 Å². The summed E-state index contributed by atoms with van der Waals surface area (Å²) >= 11 is 1.86. The second-order valence-corrected chi connectivity index (χ2v) is 8.07. The second-order valence-electron chi connectivity index (χ2n) is 7.09. The van der Waals surface area contributed by atoms with Crippen LogP contribution in [-0.2, 0) is 13.1 Å². The fourth-order valence-corrected chi connectivity index (χ4v) is 4.35. The van der Waals surface area contributed by atoms with E-state index in [0.29, 0.717) is 31.1 Å². The topological polar surface area (TPSA) is 54.5 Å². The van der Waals surface area contributed by atoms with Gasteiger partial charge in [-0.3, -0.25) is 4.79 Å². The summed E-state index contributed by atoms with van der Waals surface area (Å²) in [5.41, 5.74) is 2.60. The predicted molar refractivity (Wildman–Crippen MR) is 102 cm³/mol. The third kappa shape index (κ3) is 4.11. The molecule has 0 aromatic carbocycles. The third-order valence-corrected chi connectivity index (χ3v) is 5.95. The standard InChI is InChI=1S/C19H29N3O2S/c1-13(8-9-25-3)20-11-14-10-16-17(21-18(14)24-2)12-22(19(16)23)15-6-4-5-7-15/h10,13,15,20H,4-9,11-12H2,1-3H3/t13-/m0/s1. The van der Waals surface area contributed by atoms with Crippen LogP contribution >= 0.6 is 11.8 Å². The molecule has 0 unspecified atom stereocenters. The lowest BCUT2D eigenvalue weighted by Crippen LogP contribution is -2.33. The minimum atomic E-state index is 0.147. The molecule has 1 aromatic heterocycles. The summed E-state index contributed by atoms with van der Waals surface area (Å²) in [6, 6.07) is 2.81. The van der Waals surface area contributed by atoms with Gasteiger partial charge in [-0.05, 0) is 44.3 Å². The molecule has 0 saturated heterocycles. The smallest absolute Gasteiger partial charge is 0.256 e. The fraction of sp³-hybridized carbons (Fsp3) is 0.684. The maximum absolute atomic E-state index is 12.8. The number of nitrogens with one attached hydrogen (secondary N) is 1. The second kappa shape index (κ2) is 8.41. The molecule has 1 aromatic rings. The van der Waals surface area contributed by atoms with E-state index in [1.54, 1.807) is 7.11 Å². The Balaban J connectivity index is 1.73. The van der Waals surface area contributed by atoms with Crippen molar-refractivity contribution in [2.45, 2.75) is 64.2 Å². The third-order valence-electron chi connectivity index (χ3n) is 5.31. The Bertz CT molecular complexity index is 617. The lowest BCUT2D eigenvalue weighted by Gasteiger charge is -2.22. The summed E-state index contributed by atoms with van der Waals surface area (Å²) in [5, 5.41) is 3.52. The first-order valence-corrected chi connectivity index (χ1v) is 10.6. The number of hydrogen-bond donors (Lipinski definition) is 1. The average Bonchev–Trinajstić information content (AvgIpc) is 3.25.